The number of allylic oxidation sites excluding steroid dienone is 4. The largest absolute Gasteiger partial charge is 0.462 e. The lowest BCUT2D eigenvalue weighted by molar-refractivity contribution is -0.167. The fraction of sp³-hybridized carbons (Fsp3) is 0.877. The van der Waals surface area contributed by atoms with Crippen molar-refractivity contribution in [1.29, 1.82) is 0 Å². The van der Waals surface area contributed by atoms with E-state index in [9.17, 15) is 14.4 Å². The van der Waals surface area contributed by atoms with Gasteiger partial charge in [0.25, 0.3) is 0 Å². The second kappa shape index (κ2) is 52.5. The van der Waals surface area contributed by atoms with Crippen molar-refractivity contribution in [2.45, 2.75) is 309 Å². The molecule has 0 aliphatic carbocycles. The van der Waals surface area contributed by atoms with Crippen molar-refractivity contribution < 1.29 is 28.6 Å². The summed E-state index contributed by atoms with van der Waals surface area (Å²) < 4.78 is 16.8. The Morgan fingerprint density at radius 3 is 0.873 bits per heavy atom. The van der Waals surface area contributed by atoms with E-state index < -0.39 is 6.10 Å². The molecular weight excluding hydrogens is 781 g/mol. The van der Waals surface area contributed by atoms with Crippen molar-refractivity contribution in [1.82, 2.24) is 0 Å². The van der Waals surface area contributed by atoms with Crippen LogP contribution in [0, 0.1) is 0 Å². The summed E-state index contributed by atoms with van der Waals surface area (Å²) in [7, 11) is 0. The molecule has 0 aromatic carbocycles. The Bertz CT molecular complexity index is 1020. The van der Waals surface area contributed by atoms with Crippen LogP contribution in [0.4, 0.5) is 0 Å². The first-order valence-electron chi connectivity index (χ1n) is 27.9. The second-order valence-corrected chi connectivity index (χ2v) is 18.9. The summed E-state index contributed by atoms with van der Waals surface area (Å²) in [6, 6.07) is 0. The number of ether oxygens (including phenoxy) is 3. The molecule has 1 unspecified atom stereocenters. The van der Waals surface area contributed by atoms with Gasteiger partial charge in [0.2, 0.25) is 0 Å². The zero-order chi connectivity index (χ0) is 45.8. The number of hydrogen-bond donors (Lipinski definition) is 0. The molecule has 6 heteroatoms. The Hall–Kier alpha value is -2.11. The Morgan fingerprint density at radius 1 is 0.317 bits per heavy atom. The summed E-state index contributed by atoms with van der Waals surface area (Å²) in [4.78, 5) is 38.0. The van der Waals surface area contributed by atoms with Crippen LogP contribution in [-0.2, 0) is 28.6 Å². The number of hydrogen-bond acceptors (Lipinski definition) is 6. The van der Waals surface area contributed by atoms with E-state index in [1.807, 2.05) is 0 Å². The van der Waals surface area contributed by atoms with E-state index in [1.165, 1.54) is 205 Å². The van der Waals surface area contributed by atoms with Crippen LogP contribution in [0.5, 0.6) is 0 Å². The number of carbonyl (C=O) groups excluding carboxylic acids is 3. The normalized spacial score (nSPS) is 12.1. The van der Waals surface area contributed by atoms with Crippen LogP contribution in [0.3, 0.4) is 0 Å². The second-order valence-electron chi connectivity index (χ2n) is 18.9. The molecule has 0 spiro atoms. The van der Waals surface area contributed by atoms with E-state index in [0.29, 0.717) is 19.3 Å². The summed E-state index contributed by atoms with van der Waals surface area (Å²) in [5.74, 6) is -0.852. The van der Waals surface area contributed by atoms with Crippen LogP contribution < -0.4 is 0 Å². The molecule has 0 fully saturated rings. The minimum Gasteiger partial charge on any atom is -0.462 e. The number of rotatable bonds is 51. The number of unbranched alkanes of at least 4 members (excludes halogenated alkanes) is 37. The van der Waals surface area contributed by atoms with Crippen molar-refractivity contribution in [3.05, 3.63) is 24.3 Å². The first kappa shape index (κ1) is 60.9. The van der Waals surface area contributed by atoms with E-state index in [0.717, 1.165) is 57.8 Å². The predicted molar refractivity (Wildman–Crippen MR) is 270 cm³/mol. The number of esters is 3. The van der Waals surface area contributed by atoms with E-state index in [4.69, 9.17) is 14.2 Å². The number of carbonyl (C=O) groups is 3. The van der Waals surface area contributed by atoms with Gasteiger partial charge in [-0.15, -0.1) is 0 Å². The average Bonchev–Trinajstić information content (AvgIpc) is 3.28. The zero-order valence-corrected chi connectivity index (χ0v) is 42.4. The SMILES string of the molecule is CCCCC/C=C\C=C/CCCCCCCCCCCCC(=O)OCC(COC(=O)CCCCCCCCCCCCCCC)OC(=O)CCCCCCCCCCCCCCC. The lowest BCUT2D eigenvalue weighted by Crippen LogP contribution is -2.30. The third-order valence-corrected chi connectivity index (χ3v) is 12.5. The van der Waals surface area contributed by atoms with Crippen LogP contribution in [-0.4, -0.2) is 37.2 Å². The van der Waals surface area contributed by atoms with Gasteiger partial charge in [-0.05, 0) is 44.9 Å². The third kappa shape index (κ3) is 50.7. The molecule has 0 heterocycles. The van der Waals surface area contributed by atoms with Crippen LogP contribution in [0.15, 0.2) is 24.3 Å². The lowest BCUT2D eigenvalue weighted by Gasteiger charge is -2.18. The molecule has 0 aliphatic heterocycles. The average molecular weight is 887 g/mol. The van der Waals surface area contributed by atoms with Gasteiger partial charge < -0.3 is 14.2 Å². The molecule has 0 aliphatic rings. The predicted octanol–water partition coefficient (Wildman–Crippen LogP) is 18.3. The maximum atomic E-state index is 12.8. The van der Waals surface area contributed by atoms with Crippen molar-refractivity contribution in [3.63, 3.8) is 0 Å². The van der Waals surface area contributed by atoms with Crippen LogP contribution in [0.25, 0.3) is 0 Å². The van der Waals surface area contributed by atoms with Gasteiger partial charge in [-0.1, -0.05) is 263 Å². The summed E-state index contributed by atoms with van der Waals surface area (Å²) in [5, 5.41) is 0. The van der Waals surface area contributed by atoms with Crippen LogP contribution >= 0.6 is 0 Å². The van der Waals surface area contributed by atoms with Gasteiger partial charge in [-0.2, -0.15) is 0 Å². The van der Waals surface area contributed by atoms with Gasteiger partial charge in [0.1, 0.15) is 13.2 Å². The fourth-order valence-corrected chi connectivity index (χ4v) is 8.26. The van der Waals surface area contributed by atoms with Crippen molar-refractivity contribution >= 4 is 17.9 Å². The van der Waals surface area contributed by atoms with Gasteiger partial charge in [-0.3, -0.25) is 14.4 Å². The molecule has 0 saturated carbocycles. The third-order valence-electron chi connectivity index (χ3n) is 12.5. The van der Waals surface area contributed by atoms with Crippen molar-refractivity contribution in [3.8, 4) is 0 Å². The molecule has 6 nitrogen and oxygen atoms in total. The van der Waals surface area contributed by atoms with E-state index in [1.54, 1.807) is 0 Å². The first-order chi connectivity index (χ1) is 31.0. The van der Waals surface area contributed by atoms with Gasteiger partial charge >= 0.3 is 17.9 Å². The molecular formula is C57H106O6. The van der Waals surface area contributed by atoms with E-state index in [2.05, 4.69) is 45.1 Å². The van der Waals surface area contributed by atoms with Gasteiger partial charge in [-0.25, -0.2) is 0 Å². The highest BCUT2D eigenvalue weighted by atomic mass is 16.6. The van der Waals surface area contributed by atoms with E-state index in [-0.39, 0.29) is 31.1 Å². The highest BCUT2D eigenvalue weighted by molar-refractivity contribution is 5.71. The Morgan fingerprint density at radius 2 is 0.556 bits per heavy atom. The standard InChI is InChI=1S/C57H106O6/c1-4-7-10-13-16-19-22-25-26-27-28-29-30-33-35-38-41-44-47-50-56(59)62-53-54(63-57(60)51-48-45-42-39-36-32-24-21-18-15-12-9-6-3)52-61-55(58)49-46-43-40-37-34-31-23-20-17-14-11-8-5-2/h16,19,22,25,54H,4-15,17-18,20-21,23-24,26-53H2,1-3H3/b19-16-,25-22-. The molecule has 0 saturated heterocycles. The monoisotopic (exact) mass is 887 g/mol. The minimum absolute atomic E-state index is 0.0667. The Balaban J connectivity index is 4.30. The maximum Gasteiger partial charge on any atom is 0.306 e. The highest BCUT2D eigenvalue weighted by Gasteiger charge is 2.19. The summed E-state index contributed by atoms with van der Waals surface area (Å²) >= 11 is 0. The van der Waals surface area contributed by atoms with Gasteiger partial charge in [0.15, 0.2) is 6.10 Å². The fourth-order valence-electron chi connectivity index (χ4n) is 8.26. The molecule has 0 amide bonds. The van der Waals surface area contributed by atoms with E-state index >= 15 is 0 Å². The molecule has 0 N–H and O–H groups in total. The molecule has 0 radical (unpaired) electrons. The molecule has 0 aromatic rings. The van der Waals surface area contributed by atoms with Gasteiger partial charge in [0.05, 0.1) is 0 Å². The van der Waals surface area contributed by atoms with Crippen molar-refractivity contribution in [2.75, 3.05) is 13.2 Å². The molecule has 0 rings (SSSR count). The molecule has 1 atom stereocenters. The summed E-state index contributed by atoms with van der Waals surface area (Å²) in [6.45, 7) is 6.65. The maximum absolute atomic E-state index is 12.8. The van der Waals surface area contributed by atoms with Gasteiger partial charge in [0, 0.05) is 19.3 Å². The Labute approximate surface area is 392 Å². The molecule has 0 aromatic heterocycles. The molecule has 0 bridgehead atoms. The first-order valence-corrected chi connectivity index (χ1v) is 27.9. The zero-order valence-electron chi connectivity index (χ0n) is 42.4. The highest BCUT2D eigenvalue weighted by Crippen LogP contribution is 2.17. The smallest absolute Gasteiger partial charge is 0.306 e. The lowest BCUT2D eigenvalue weighted by atomic mass is 10.0. The Kier molecular flexibility index (Phi) is 50.8. The van der Waals surface area contributed by atoms with Crippen LogP contribution in [0.1, 0.15) is 303 Å². The topological polar surface area (TPSA) is 78.9 Å². The van der Waals surface area contributed by atoms with Crippen molar-refractivity contribution in [2.24, 2.45) is 0 Å². The quantitative estimate of drug-likeness (QED) is 0.0262. The molecule has 370 valence electrons. The minimum atomic E-state index is -0.766. The molecule has 63 heavy (non-hydrogen) atoms. The summed E-state index contributed by atoms with van der Waals surface area (Å²) in [6.07, 6.45) is 60.1. The van der Waals surface area contributed by atoms with Crippen LogP contribution in [0.2, 0.25) is 0 Å². The summed E-state index contributed by atoms with van der Waals surface area (Å²) in [5.41, 5.74) is 0.